The van der Waals surface area contributed by atoms with Gasteiger partial charge >= 0.3 is 0 Å². The van der Waals surface area contributed by atoms with Crippen molar-refractivity contribution >= 4 is 45.5 Å². The van der Waals surface area contributed by atoms with Crippen LogP contribution in [0, 0.1) is 6.92 Å². The van der Waals surface area contributed by atoms with Crippen LogP contribution in [-0.2, 0) is 9.59 Å². The van der Waals surface area contributed by atoms with E-state index in [1.54, 1.807) is 47.4 Å². The summed E-state index contributed by atoms with van der Waals surface area (Å²) >= 11 is 1.40. The van der Waals surface area contributed by atoms with Crippen LogP contribution in [0.15, 0.2) is 65.1 Å². The summed E-state index contributed by atoms with van der Waals surface area (Å²) in [5, 5.41) is 14.5. The van der Waals surface area contributed by atoms with Crippen LogP contribution in [0.4, 0.5) is 5.69 Å². The number of ketones is 1. The third-order valence-corrected chi connectivity index (χ3v) is 5.79. The molecule has 2 N–H and O–H groups in total. The maximum atomic E-state index is 13.1. The molecule has 1 atom stereocenters. The molecule has 1 aliphatic rings. The Morgan fingerprint density at radius 1 is 1.20 bits per heavy atom. The van der Waals surface area contributed by atoms with Crippen LogP contribution >= 0.6 is 11.3 Å². The van der Waals surface area contributed by atoms with E-state index >= 15 is 0 Å². The average Bonchev–Trinajstić information content (AvgIpc) is 3.48. The number of aromatic nitrogens is 3. The number of carbonyl (C=O) groups excluding carboxylic acids is 2. The minimum atomic E-state index is -0.842. The zero-order chi connectivity index (χ0) is 20.8. The lowest BCUT2D eigenvalue weighted by Gasteiger charge is -2.24. The molecular weight excluding hydrogens is 400 g/mol. The van der Waals surface area contributed by atoms with Crippen LogP contribution in [-0.4, -0.2) is 31.7 Å². The van der Waals surface area contributed by atoms with Gasteiger partial charge in [0, 0.05) is 22.3 Å². The second-order valence-corrected chi connectivity index (χ2v) is 7.77. The number of carbonyl (C=O) groups is 2. The number of rotatable bonds is 3. The van der Waals surface area contributed by atoms with Crippen molar-refractivity contribution in [1.29, 1.82) is 0 Å². The molecule has 8 heteroatoms. The van der Waals surface area contributed by atoms with E-state index in [1.807, 2.05) is 19.1 Å². The molecule has 4 heterocycles. The van der Waals surface area contributed by atoms with E-state index in [0.717, 1.165) is 16.7 Å². The summed E-state index contributed by atoms with van der Waals surface area (Å²) in [5.41, 5.74) is 3.79. The van der Waals surface area contributed by atoms with Gasteiger partial charge in [0.25, 0.3) is 11.7 Å². The monoisotopic (exact) mass is 416 g/mol. The summed E-state index contributed by atoms with van der Waals surface area (Å²) in [6, 6.07) is 11.6. The van der Waals surface area contributed by atoms with E-state index in [-0.39, 0.29) is 11.3 Å². The minimum Gasteiger partial charge on any atom is -0.507 e. The predicted molar refractivity (Wildman–Crippen MR) is 114 cm³/mol. The number of imidazole rings is 1. The molecule has 4 aromatic rings. The second-order valence-electron chi connectivity index (χ2n) is 6.99. The van der Waals surface area contributed by atoms with Crippen molar-refractivity contribution < 1.29 is 14.7 Å². The fourth-order valence-corrected chi connectivity index (χ4v) is 4.36. The van der Waals surface area contributed by atoms with Crippen molar-refractivity contribution in [3.63, 3.8) is 0 Å². The van der Waals surface area contributed by atoms with Crippen LogP contribution in [0.25, 0.3) is 16.8 Å². The molecule has 1 saturated heterocycles. The summed E-state index contributed by atoms with van der Waals surface area (Å²) in [6.07, 6.45) is 1.57. The Morgan fingerprint density at radius 3 is 2.83 bits per heavy atom. The van der Waals surface area contributed by atoms with Gasteiger partial charge in [-0.15, -0.1) is 0 Å². The molecule has 0 spiro atoms. The molecule has 1 aliphatic heterocycles. The maximum Gasteiger partial charge on any atom is 0.300 e. The van der Waals surface area contributed by atoms with Gasteiger partial charge in [-0.05, 0) is 48.7 Å². The number of hydrogen-bond donors (Lipinski definition) is 2. The number of aryl methyl sites for hydroxylation is 1. The third-order valence-electron chi connectivity index (χ3n) is 5.11. The lowest BCUT2D eigenvalue weighted by Crippen LogP contribution is -2.29. The Hall–Kier alpha value is -3.78. The predicted octanol–water partition coefficient (Wildman–Crippen LogP) is 3.95. The number of amides is 1. The fraction of sp³-hybridized carbons (Fsp3) is 0.0909. The number of aliphatic hydroxyl groups is 1. The van der Waals surface area contributed by atoms with E-state index in [1.165, 1.54) is 16.2 Å². The lowest BCUT2D eigenvalue weighted by molar-refractivity contribution is -0.132. The fourth-order valence-electron chi connectivity index (χ4n) is 3.72. The lowest BCUT2D eigenvalue weighted by atomic mass is 9.99. The zero-order valence-electron chi connectivity index (χ0n) is 15.9. The van der Waals surface area contributed by atoms with E-state index in [2.05, 4.69) is 15.0 Å². The molecule has 0 saturated carbocycles. The normalized spacial score (nSPS) is 18.4. The Morgan fingerprint density at radius 2 is 2.07 bits per heavy atom. The number of H-pyrrole nitrogens is 1. The number of benzene rings is 1. The summed E-state index contributed by atoms with van der Waals surface area (Å²) in [6.45, 7) is 1.84. The molecule has 148 valence electrons. The van der Waals surface area contributed by atoms with E-state index < -0.39 is 17.7 Å². The van der Waals surface area contributed by atoms with Crippen molar-refractivity contribution in [2.24, 2.45) is 0 Å². The number of anilines is 1. The summed E-state index contributed by atoms with van der Waals surface area (Å²) in [7, 11) is 0. The number of aromatic amines is 1. The van der Waals surface area contributed by atoms with Crippen LogP contribution in [0.1, 0.15) is 23.0 Å². The van der Waals surface area contributed by atoms with Crippen molar-refractivity contribution in [1.82, 2.24) is 15.0 Å². The molecule has 5 rings (SSSR count). The quantitative estimate of drug-likeness (QED) is 0.299. The van der Waals surface area contributed by atoms with Crippen molar-refractivity contribution in [2.75, 3.05) is 4.90 Å². The smallest absolute Gasteiger partial charge is 0.300 e. The number of Topliss-reactive ketones (excluding diaryl/α,β-unsaturated/α-hetero) is 1. The Bertz CT molecular complexity index is 1320. The number of fused-ring (bicyclic) bond motifs is 1. The highest BCUT2D eigenvalue weighted by Crippen LogP contribution is 2.42. The molecule has 0 bridgehead atoms. The first-order valence-corrected chi connectivity index (χ1v) is 10.2. The van der Waals surface area contributed by atoms with Crippen LogP contribution in [0.5, 0.6) is 0 Å². The zero-order valence-corrected chi connectivity index (χ0v) is 16.7. The molecule has 1 aromatic carbocycles. The molecule has 0 aliphatic carbocycles. The van der Waals surface area contributed by atoms with Gasteiger partial charge in [-0.25, -0.2) is 4.98 Å². The number of thiophene rings is 1. The number of nitrogens with zero attached hydrogens (tertiary/aromatic N) is 3. The SMILES string of the molecule is Cc1cccc(C2C(=C(O)c3ccsc3)C(=O)C(=O)N2c2ccc3nc[nH]c3c2)n1. The van der Waals surface area contributed by atoms with Gasteiger partial charge in [-0.1, -0.05) is 6.07 Å². The Labute approximate surface area is 175 Å². The van der Waals surface area contributed by atoms with Gasteiger partial charge in [0.1, 0.15) is 11.8 Å². The van der Waals surface area contributed by atoms with Crippen LogP contribution < -0.4 is 4.90 Å². The van der Waals surface area contributed by atoms with Crippen molar-refractivity contribution in [2.45, 2.75) is 13.0 Å². The summed E-state index contributed by atoms with van der Waals surface area (Å²) < 4.78 is 0. The first kappa shape index (κ1) is 18.3. The number of nitrogens with one attached hydrogen (secondary N) is 1. The molecule has 1 unspecified atom stereocenters. The van der Waals surface area contributed by atoms with Gasteiger partial charge in [0.15, 0.2) is 0 Å². The second kappa shape index (κ2) is 6.93. The number of hydrogen-bond acceptors (Lipinski definition) is 6. The molecule has 1 amide bonds. The van der Waals surface area contributed by atoms with Gasteiger partial charge in [-0.3, -0.25) is 19.5 Å². The average molecular weight is 416 g/mol. The molecule has 0 radical (unpaired) electrons. The summed E-state index contributed by atoms with van der Waals surface area (Å²) in [5.74, 6) is -1.65. The number of aliphatic hydroxyl groups excluding tert-OH is 1. The maximum absolute atomic E-state index is 13.1. The van der Waals surface area contributed by atoms with E-state index in [9.17, 15) is 14.7 Å². The molecule has 30 heavy (non-hydrogen) atoms. The molecule has 1 fully saturated rings. The van der Waals surface area contributed by atoms with Gasteiger partial charge < -0.3 is 10.1 Å². The molecule has 3 aromatic heterocycles. The van der Waals surface area contributed by atoms with Gasteiger partial charge in [0.05, 0.1) is 28.6 Å². The standard InChI is InChI=1S/C22H16N4O3S/c1-12-3-2-4-16(25-12)19-18(20(27)13-7-8-30-10-13)21(28)22(29)26(19)14-5-6-15-17(9-14)24-11-23-15/h2-11,19,27H,1H3,(H,23,24). The van der Waals surface area contributed by atoms with Gasteiger partial charge in [0.2, 0.25) is 0 Å². The molecular formula is C22H16N4O3S. The topological polar surface area (TPSA) is 99.2 Å². The minimum absolute atomic E-state index is 0.0289. The third kappa shape index (κ3) is 2.81. The van der Waals surface area contributed by atoms with Gasteiger partial charge in [-0.2, -0.15) is 11.3 Å². The molecule has 7 nitrogen and oxygen atoms in total. The van der Waals surface area contributed by atoms with Crippen molar-refractivity contribution in [3.8, 4) is 0 Å². The van der Waals surface area contributed by atoms with Crippen molar-refractivity contribution in [3.05, 3.63) is 82.1 Å². The van der Waals surface area contributed by atoms with Crippen LogP contribution in [0.2, 0.25) is 0 Å². The Kier molecular flexibility index (Phi) is 4.22. The first-order valence-electron chi connectivity index (χ1n) is 9.25. The highest BCUT2D eigenvalue weighted by atomic mass is 32.1. The van der Waals surface area contributed by atoms with Crippen LogP contribution in [0.3, 0.4) is 0 Å². The summed E-state index contributed by atoms with van der Waals surface area (Å²) in [4.78, 5) is 39.3. The van der Waals surface area contributed by atoms with E-state index in [4.69, 9.17) is 0 Å². The highest BCUT2D eigenvalue weighted by Gasteiger charge is 2.47. The largest absolute Gasteiger partial charge is 0.507 e. The number of pyridine rings is 1. The first-order chi connectivity index (χ1) is 14.5. The Balaban J connectivity index is 1.75. The highest BCUT2D eigenvalue weighted by molar-refractivity contribution is 7.08. The van der Waals surface area contributed by atoms with E-state index in [0.29, 0.717) is 16.9 Å².